The molecular formula is C2H8N3O3PS. The van der Waals surface area contributed by atoms with E-state index in [-0.39, 0.29) is 0 Å². The molecule has 6 nitrogen and oxygen atoms in total. The van der Waals surface area contributed by atoms with E-state index in [1.54, 1.807) is 0 Å². The summed E-state index contributed by atoms with van der Waals surface area (Å²) in [7, 11) is 0. The number of hydrogen-bond acceptors (Lipinski definition) is 4. The molecule has 0 aromatic rings. The minimum absolute atomic E-state index is 0.847. The van der Waals surface area contributed by atoms with Crippen LogP contribution in [0.3, 0.4) is 0 Å². The quantitative estimate of drug-likeness (QED) is 0.368. The molecule has 0 amide bonds. The molecule has 0 aromatic carbocycles. The SMILES string of the molecule is C1CNN=N1.OP(O)(O)=S. The molecule has 0 atom stereocenters. The zero-order valence-corrected chi connectivity index (χ0v) is 6.72. The minimum atomic E-state index is -3.81. The highest BCUT2D eigenvalue weighted by Crippen LogP contribution is 2.26. The largest absolute Gasteiger partial charge is 0.325 e. The highest BCUT2D eigenvalue weighted by molar-refractivity contribution is 8.06. The van der Waals surface area contributed by atoms with Gasteiger partial charge in [-0.25, -0.2) is 0 Å². The molecule has 0 saturated carbocycles. The summed E-state index contributed by atoms with van der Waals surface area (Å²) in [6.45, 7) is -2.04. The molecule has 0 spiro atoms. The Bertz CT molecular complexity index is 142. The summed E-state index contributed by atoms with van der Waals surface area (Å²) in [6, 6.07) is 0. The van der Waals surface area contributed by atoms with Crippen molar-refractivity contribution >= 4 is 18.5 Å². The molecule has 1 heterocycles. The van der Waals surface area contributed by atoms with Crippen LogP contribution >= 0.6 is 6.72 Å². The highest BCUT2D eigenvalue weighted by Gasteiger charge is 1.92. The first-order valence-corrected chi connectivity index (χ1v) is 5.04. The van der Waals surface area contributed by atoms with E-state index in [1.165, 1.54) is 0 Å². The minimum Gasteiger partial charge on any atom is -0.325 e. The molecule has 0 unspecified atom stereocenters. The Morgan fingerprint density at radius 2 is 1.90 bits per heavy atom. The van der Waals surface area contributed by atoms with Gasteiger partial charge in [0.25, 0.3) is 0 Å². The van der Waals surface area contributed by atoms with E-state index in [2.05, 4.69) is 27.6 Å². The van der Waals surface area contributed by atoms with E-state index in [9.17, 15) is 0 Å². The smallest absolute Gasteiger partial charge is 0.319 e. The lowest BCUT2D eigenvalue weighted by atomic mass is 10.7. The maximum Gasteiger partial charge on any atom is 0.319 e. The summed E-state index contributed by atoms with van der Waals surface area (Å²) in [5.41, 5.74) is 2.68. The number of rotatable bonds is 0. The van der Waals surface area contributed by atoms with Crippen molar-refractivity contribution in [2.45, 2.75) is 0 Å². The number of nitrogens with zero attached hydrogens (tertiary/aromatic N) is 2. The van der Waals surface area contributed by atoms with Crippen LogP contribution in [-0.2, 0) is 11.8 Å². The molecule has 0 saturated heterocycles. The third kappa shape index (κ3) is 15.7. The predicted octanol–water partition coefficient (Wildman–Crippen LogP) is -0.855. The lowest BCUT2D eigenvalue weighted by Gasteiger charge is -1.88. The van der Waals surface area contributed by atoms with Gasteiger partial charge < -0.3 is 14.7 Å². The van der Waals surface area contributed by atoms with Crippen molar-refractivity contribution in [1.82, 2.24) is 5.43 Å². The summed E-state index contributed by atoms with van der Waals surface area (Å²) in [6.07, 6.45) is 0. The van der Waals surface area contributed by atoms with E-state index >= 15 is 0 Å². The molecule has 1 aliphatic rings. The van der Waals surface area contributed by atoms with Crippen molar-refractivity contribution in [1.29, 1.82) is 0 Å². The Labute approximate surface area is 62.8 Å². The van der Waals surface area contributed by atoms with Crippen LogP contribution in [0.4, 0.5) is 0 Å². The Morgan fingerprint density at radius 1 is 1.40 bits per heavy atom. The van der Waals surface area contributed by atoms with Crippen LogP contribution in [0.25, 0.3) is 0 Å². The second-order valence-corrected chi connectivity index (χ2v) is 3.88. The van der Waals surface area contributed by atoms with Crippen LogP contribution < -0.4 is 5.43 Å². The molecule has 0 bridgehead atoms. The Morgan fingerprint density at radius 3 is 2.00 bits per heavy atom. The molecule has 1 rings (SSSR count). The molecular weight excluding hydrogens is 177 g/mol. The Kier molecular flexibility index (Phi) is 4.67. The van der Waals surface area contributed by atoms with E-state index in [1.807, 2.05) is 0 Å². The average Bonchev–Trinajstić information content (AvgIpc) is 2.07. The van der Waals surface area contributed by atoms with Crippen LogP contribution in [0.1, 0.15) is 0 Å². The maximum atomic E-state index is 7.56. The van der Waals surface area contributed by atoms with Gasteiger partial charge >= 0.3 is 6.72 Å². The van der Waals surface area contributed by atoms with Crippen LogP contribution in [-0.4, -0.2) is 27.8 Å². The van der Waals surface area contributed by atoms with E-state index in [4.69, 9.17) is 14.7 Å². The molecule has 60 valence electrons. The van der Waals surface area contributed by atoms with E-state index in [0.29, 0.717) is 0 Å². The molecule has 8 heteroatoms. The summed E-state index contributed by atoms with van der Waals surface area (Å²) >= 11 is 3.60. The van der Waals surface area contributed by atoms with Crippen molar-refractivity contribution in [2.75, 3.05) is 13.1 Å². The lowest BCUT2D eigenvalue weighted by Crippen LogP contribution is -1.99. The monoisotopic (exact) mass is 185 g/mol. The summed E-state index contributed by atoms with van der Waals surface area (Å²) in [4.78, 5) is 22.7. The standard InChI is InChI=1S/C2H5N3.H3O3PS/c1-2-4-5-3-1;1-4(2,3)5/h1-2H2,(H,3,4);(H3,1,2,3,5). The summed E-state index contributed by atoms with van der Waals surface area (Å²) in [5.74, 6) is 0. The second-order valence-electron chi connectivity index (χ2n) is 1.39. The van der Waals surface area contributed by atoms with Crippen LogP contribution in [0.2, 0.25) is 0 Å². The third-order valence-corrected chi connectivity index (χ3v) is 0.465. The van der Waals surface area contributed by atoms with Gasteiger partial charge in [-0.2, -0.15) is 5.11 Å². The van der Waals surface area contributed by atoms with Crippen molar-refractivity contribution in [2.24, 2.45) is 10.3 Å². The summed E-state index contributed by atoms with van der Waals surface area (Å²) in [5, 5.41) is 7.06. The molecule has 1 aliphatic heterocycles. The topological polar surface area (TPSA) is 97.4 Å². The summed E-state index contributed by atoms with van der Waals surface area (Å²) < 4.78 is 0. The second kappa shape index (κ2) is 4.70. The van der Waals surface area contributed by atoms with Gasteiger partial charge in [0.15, 0.2) is 0 Å². The van der Waals surface area contributed by atoms with Gasteiger partial charge in [-0.05, 0) is 11.8 Å². The van der Waals surface area contributed by atoms with Crippen LogP contribution in [0, 0.1) is 0 Å². The van der Waals surface area contributed by atoms with Crippen LogP contribution in [0.5, 0.6) is 0 Å². The fraction of sp³-hybridized carbons (Fsp3) is 1.00. The van der Waals surface area contributed by atoms with Crippen LogP contribution in [0.15, 0.2) is 10.3 Å². The number of hydrogen-bond donors (Lipinski definition) is 4. The van der Waals surface area contributed by atoms with E-state index < -0.39 is 6.72 Å². The zero-order chi connectivity index (χ0) is 8.04. The fourth-order valence-electron chi connectivity index (χ4n) is 0.250. The van der Waals surface area contributed by atoms with Crippen molar-refractivity contribution in [3.63, 3.8) is 0 Å². The van der Waals surface area contributed by atoms with Crippen molar-refractivity contribution < 1.29 is 14.7 Å². The molecule has 10 heavy (non-hydrogen) atoms. The molecule has 0 aromatic heterocycles. The maximum absolute atomic E-state index is 7.56. The van der Waals surface area contributed by atoms with Gasteiger partial charge in [0.05, 0.1) is 13.1 Å². The van der Waals surface area contributed by atoms with Gasteiger partial charge in [-0.15, -0.1) is 0 Å². The van der Waals surface area contributed by atoms with Crippen molar-refractivity contribution in [3.8, 4) is 0 Å². The normalized spacial score (nSPS) is 15.5. The third-order valence-electron chi connectivity index (χ3n) is 0.465. The molecule has 0 fully saturated rings. The first-order valence-electron chi connectivity index (χ1n) is 2.38. The first kappa shape index (κ1) is 9.93. The first-order chi connectivity index (χ1) is 4.50. The fourth-order valence-corrected chi connectivity index (χ4v) is 0.250. The Hall–Kier alpha value is -0.0700. The average molecular weight is 185 g/mol. The predicted molar refractivity (Wildman–Crippen MR) is 38.7 cm³/mol. The van der Waals surface area contributed by atoms with Gasteiger partial charge in [0, 0.05) is 0 Å². The Balaban J connectivity index is 0.000000162. The van der Waals surface area contributed by atoms with Gasteiger partial charge in [-0.1, -0.05) is 5.22 Å². The highest BCUT2D eigenvalue weighted by atomic mass is 32.5. The lowest BCUT2D eigenvalue weighted by molar-refractivity contribution is 0.363. The van der Waals surface area contributed by atoms with E-state index in [0.717, 1.165) is 13.1 Å². The zero-order valence-electron chi connectivity index (χ0n) is 5.01. The number of nitrogens with one attached hydrogen (secondary N) is 1. The molecule has 0 aliphatic carbocycles. The van der Waals surface area contributed by atoms with Gasteiger partial charge in [-0.3, -0.25) is 5.43 Å². The van der Waals surface area contributed by atoms with Gasteiger partial charge in [0.2, 0.25) is 0 Å². The molecule has 0 radical (unpaired) electrons. The molecule has 4 N–H and O–H groups in total. The van der Waals surface area contributed by atoms with Crippen molar-refractivity contribution in [3.05, 3.63) is 0 Å². The van der Waals surface area contributed by atoms with Gasteiger partial charge in [0.1, 0.15) is 0 Å².